The van der Waals surface area contributed by atoms with Crippen molar-refractivity contribution >= 4 is 0 Å². The molecule has 8 heteroatoms. The van der Waals surface area contributed by atoms with E-state index in [1.807, 2.05) is 37.5 Å². The molecule has 1 fully saturated rings. The van der Waals surface area contributed by atoms with Crippen LogP contribution in [-0.4, -0.2) is 25.6 Å². The van der Waals surface area contributed by atoms with Gasteiger partial charge < -0.3 is 14.4 Å². The number of pyridine rings is 1. The molecule has 2 aromatic heterocycles. The molecule has 2 aromatic carbocycles. The lowest BCUT2D eigenvalue weighted by Crippen LogP contribution is -2.34. The molecule has 1 saturated carbocycles. The van der Waals surface area contributed by atoms with Crippen molar-refractivity contribution in [3.05, 3.63) is 94.7 Å². The van der Waals surface area contributed by atoms with Crippen LogP contribution in [0.2, 0.25) is 0 Å². The quantitative estimate of drug-likeness (QED) is 0.400. The number of halogens is 2. The third kappa shape index (κ3) is 4.81. The highest BCUT2D eigenvalue weighted by Crippen LogP contribution is 2.36. The van der Waals surface area contributed by atoms with Crippen LogP contribution in [0.3, 0.4) is 0 Å². The number of nitrogens with zero attached hydrogens (tertiary/aromatic N) is 3. The smallest absolute Gasteiger partial charge is 0.251 e. The van der Waals surface area contributed by atoms with Crippen molar-refractivity contribution in [3.8, 4) is 28.0 Å². The van der Waals surface area contributed by atoms with Gasteiger partial charge in [0.15, 0.2) is 11.6 Å². The minimum absolute atomic E-state index is 0.0199. The molecule has 1 aliphatic carbocycles. The third-order valence-electron chi connectivity index (χ3n) is 6.72. The first-order valence-corrected chi connectivity index (χ1v) is 12.0. The Labute approximate surface area is 207 Å². The lowest BCUT2D eigenvalue weighted by atomic mass is 9.92. The van der Waals surface area contributed by atoms with E-state index in [9.17, 15) is 18.7 Å². The third-order valence-corrected chi connectivity index (χ3v) is 6.72. The first-order valence-electron chi connectivity index (χ1n) is 12.0. The van der Waals surface area contributed by atoms with Gasteiger partial charge in [-0.15, -0.1) is 0 Å². The predicted octanol–water partition coefficient (Wildman–Crippen LogP) is 5.25. The highest BCUT2D eigenvalue weighted by molar-refractivity contribution is 5.71. The van der Waals surface area contributed by atoms with Crippen LogP contribution in [0.5, 0.6) is 5.75 Å². The molecule has 0 bridgehead atoms. The fourth-order valence-corrected chi connectivity index (χ4v) is 4.80. The fraction of sp³-hybridized carbons (Fsp3) is 0.286. The van der Waals surface area contributed by atoms with Gasteiger partial charge in [-0.3, -0.25) is 9.48 Å². The Kier molecular flexibility index (Phi) is 6.69. The van der Waals surface area contributed by atoms with Crippen molar-refractivity contribution in [1.82, 2.24) is 14.3 Å². The number of aryl methyl sites for hydroxylation is 1. The van der Waals surface area contributed by atoms with E-state index in [2.05, 4.69) is 5.10 Å². The van der Waals surface area contributed by atoms with Crippen LogP contribution in [0.1, 0.15) is 37.3 Å². The molecule has 4 aromatic rings. The summed E-state index contributed by atoms with van der Waals surface area (Å²) in [6.07, 6.45) is 7.80. The Morgan fingerprint density at radius 2 is 1.75 bits per heavy atom. The number of hydrogen-bond acceptors (Lipinski definition) is 4. The van der Waals surface area contributed by atoms with Crippen molar-refractivity contribution in [2.45, 2.75) is 44.4 Å². The van der Waals surface area contributed by atoms with Crippen molar-refractivity contribution in [3.63, 3.8) is 0 Å². The Hall–Kier alpha value is -3.78. The molecule has 0 amide bonds. The van der Waals surface area contributed by atoms with Crippen LogP contribution in [-0.2, 0) is 13.7 Å². The second-order valence-electron chi connectivity index (χ2n) is 9.20. The van der Waals surface area contributed by atoms with Gasteiger partial charge in [-0.1, -0.05) is 37.1 Å². The van der Waals surface area contributed by atoms with Crippen molar-refractivity contribution < 1.29 is 18.6 Å². The Bertz CT molecular complexity index is 1430. The average molecular weight is 492 g/mol. The predicted molar refractivity (Wildman–Crippen MR) is 133 cm³/mol. The summed E-state index contributed by atoms with van der Waals surface area (Å²) in [7, 11) is 1.85. The molecule has 2 heterocycles. The van der Waals surface area contributed by atoms with Crippen LogP contribution < -0.4 is 10.3 Å². The highest BCUT2D eigenvalue weighted by atomic mass is 19.1. The molecule has 0 radical (unpaired) electrons. The van der Waals surface area contributed by atoms with Crippen molar-refractivity contribution in [2.24, 2.45) is 7.05 Å². The summed E-state index contributed by atoms with van der Waals surface area (Å²) < 4.78 is 38.7. The summed E-state index contributed by atoms with van der Waals surface area (Å²) in [6, 6.07) is 12.1. The van der Waals surface area contributed by atoms with E-state index in [4.69, 9.17) is 4.74 Å². The van der Waals surface area contributed by atoms with Gasteiger partial charge in [0.1, 0.15) is 12.4 Å². The molecule has 1 N–H and O–H groups in total. The van der Waals surface area contributed by atoms with Crippen LogP contribution in [0.15, 0.2) is 71.9 Å². The Morgan fingerprint density at radius 1 is 1.00 bits per heavy atom. The maximum atomic E-state index is 14.9. The average Bonchev–Trinajstić information content (AvgIpc) is 3.31. The van der Waals surface area contributed by atoms with Crippen molar-refractivity contribution in [2.75, 3.05) is 0 Å². The summed E-state index contributed by atoms with van der Waals surface area (Å²) >= 11 is 0. The molecule has 0 saturated heterocycles. The molecular formula is C28H27F2N3O3. The Morgan fingerprint density at radius 3 is 2.44 bits per heavy atom. The van der Waals surface area contributed by atoms with Gasteiger partial charge in [-0.05, 0) is 47.7 Å². The lowest BCUT2D eigenvalue weighted by molar-refractivity contribution is 0.0738. The van der Waals surface area contributed by atoms with Gasteiger partial charge >= 0.3 is 0 Å². The zero-order chi connectivity index (χ0) is 25.2. The summed E-state index contributed by atoms with van der Waals surface area (Å²) in [4.78, 5) is 12.9. The first kappa shape index (κ1) is 23.9. The molecule has 0 unspecified atom stereocenters. The van der Waals surface area contributed by atoms with Gasteiger partial charge in [0.05, 0.1) is 23.9 Å². The maximum Gasteiger partial charge on any atom is 0.251 e. The fourth-order valence-electron chi connectivity index (χ4n) is 4.80. The van der Waals surface area contributed by atoms with Gasteiger partial charge in [0.2, 0.25) is 0 Å². The van der Waals surface area contributed by atoms with Crippen LogP contribution in [0.4, 0.5) is 8.78 Å². The number of aliphatic hydroxyl groups excluding tert-OH is 1. The maximum absolute atomic E-state index is 14.9. The number of rotatable bonds is 6. The number of benzene rings is 2. The van der Waals surface area contributed by atoms with Crippen LogP contribution >= 0.6 is 0 Å². The van der Waals surface area contributed by atoms with Gasteiger partial charge in [0.25, 0.3) is 5.56 Å². The summed E-state index contributed by atoms with van der Waals surface area (Å²) in [5.74, 6) is -1.65. The van der Waals surface area contributed by atoms with E-state index in [1.165, 1.54) is 10.6 Å². The highest BCUT2D eigenvalue weighted by Gasteiger charge is 2.26. The van der Waals surface area contributed by atoms with E-state index in [1.54, 1.807) is 23.1 Å². The van der Waals surface area contributed by atoms with Crippen molar-refractivity contribution in [1.29, 1.82) is 0 Å². The molecule has 0 spiro atoms. The van der Waals surface area contributed by atoms with E-state index in [-0.39, 0.29) is 35.1 Å². The number of aliphatic hydroxyl groups is 1. The lowest BCUT2D eigenvalue weighted by Gasteiger charge is -2.29. The largest absolute Gasteiger partial charge is 0.485 e. The van der Waals surface area contributed by atoms with E-state index < -0.39 is 17.7 Å². The first-order chi connectivity index (χ1) is 17.4. The number of hydrogen-bond donors (Lipinski definition) is 1. The second kappa shape index (κ2) is 10.1. The van der Waals surface area contributed by atoms with Crippen LogP contribution in [0.25, 0.3) is 22.3 Å². The molecule has 0 aliphatic heterocycles. The summed E-state index contributed by atoms with van der Waals surface area (Å²) in [5, 5.41) is 14.5. The zero-order valence-corrected chi connectivity index (χ0v) is 19.9. The van der Waals surface area contributed by atoms with Crippen LogP contribution in [0, 0.1) is 11.6 Å². The molecule has 2 atom stereocenters. The Balaban J connectivity index is 1.40. The molecule has 36 heavy (non-hydrogen) atoms. The number of aromatic nitrogens is 3. The molecular weight excluding hydrogens is 464 g/mol. The topological polar surface area (TPSA) is 69.3 Å². The monoisotopic (exact) mass is 491 g/mol. The second-order valence-corrected chi connectivity index (χ2v) is 9.20. The normalized spacial score (nSPS) is 17.8. The minimum atomic E-state index is -0.717. The summed E-state index contributed by atoms with van der Waals surface area (Å²) in [6.45, 7) is 0.0199. The zero-order valence-electron chi connectivity index (χ0n) is 19.9. The standard InChI is InChI=1S/C28H27F2N3O3/c1-32-16-21(15-31-32)19-8-6-18(7-9-19)17-36-28-23(30)11-10-22(29)27(28)20-12-13-33(26(35)14-20)24-4-2-3-5-25(24)34/h6-16,24-25,34H,2-5,17H2,1H3/t24-,25-/m0/s1. The molecule has 1 aliphatic rings. The van der Waals surface area contributed by atoms with Gasteiger partial charge in [-0.25, -0.2) is 8.78 Å². The van der Waals surface area contributed by atoms with Gasteiger partial charge in [-0.2, -0.15) is 5.10 Å². The van der Waals surface area contributed by atoms with E-state index in [0.717, 1.165) is 41.7 Å². The number of ether oxygens (including phenoxy) is 1. The molecule has 186 valence electrons. The van der Waals surface area contributed by atoms with E-state index in [0.29, 0.717) is 12.8 Å². The molecule has 5 rings (SSSR count). The summed E-state index contributed by atoms with van der Waals surface area (Å²) in [5.41, 5.74) is 2.47. The van der Waals surface area contributed by atoms with E-state index >= 15 is 0 Å². The van der Waals surface area contributed by atoms with Gasteiger partial charge in [0, 0.05) is 31.1 Å². The minimum Gasteiger partial charge on any atom is -0.485 e. The molecule has 6 nitrogen and oxygen atoms in total. The SMILES string of the molecule is Cn1cc(-c2ccc(COc3c(F)ccc(F)c3-c3ccn([C@H]4CCCC[C@@H]4O)c(=O)c3)cc2)cn1.